The Morgan fingerprint density at radius 3 is 0.732 bits per heavy atom. The van der Waals surface area contributed by atoms with Gasteiger partial charge in [0, 0.05) is 12.8 Å². The Hall–Kier alpha value is -6.86. The van der Waals surface area contributed by atoms with Crippen molar-refractivity contribution in [1.82, 2.24) is 0 Å². The van der Waals surface area contributed by atoms with E-state index in [-0.39, 0.29) is 88.9 Å². The number of unbranched alkanes of at least 4 members (excludes halogenated alkanes) is 31. The summed E-state index contributed by atoms with van der Waals surface area (Å²) in [6, 6.07) is 8.57. The molecule has 0 saturated heterocycles. The molecule has 0 spiro atoms. The molecular weight excluding hydrogens is 1420 g/mol. The van der Waals surface area contributed by atoms with E-state index >= 15 is 0 Å². The van der Waals surface area contributed by atoms with Crippen molar-refractivity contribution in [3.8, 4) is 0 Å². The molecule has 0 radical (unpaired) electrons. The van der Waals surface area contributed by atoms with Gasteiger partial charge in [-0.15, -0.1) is 0 Å². The summed E-state index contributed by atoms with van der Waals surface area (Å²) in [7, 11) is 0. The first-order chi connectivity index (χ1) is 54.5. The van der Waals surface area contributed by atoms with E-state index in [9.17, 15) is 47.9 Å². The minimum absolute atomic E-state index is 0.0255. The second kappa shape index (κ2) is 75.5. The highest BCUT2D eigenvalue weighted by Crippen LogP contribution is 2.33. The Bertz CT molecular complexity index is 2690. The van der Waals surface area contributed by atoms with E-state index in [4.69, 9.17) is 47.4 Å². The van der Waals surface area contributed by atoms with E-state index in [1.807, 2.05) is 20.8 Å². The zero-order chi connectivity index (χ0) is 82.7. The highest BCUT2D eigenvalue weighted by Gasteiger charge is 2.38. The largest absolute Gasteiger partial charge is 0.466 e. The van der Waals surface area contributed by atoms with Crippen molar-refractivity contribution in [2.24, 2.45) is 11.8 Å². The van der Waals surface area contributed by atoms with Gasteiger partial charge in [-0.2, -0.15) is 0 Å². The summed E-state index contributed by atoms with van der Waals surface area (Å²) in [5, 5.41) is 0. The Kier molecular flexibility index (Phi) is 70.9. The highest BCUT2D eigenvalue weighted by molar-refractivity contribution is 6.06. The molecule has 0 heterocycles. The van der Waals surface area contributed by atoms with Crippen molar-refractivity contribution < 1.29 is 95.3 Å². The number of hydrogen-bond donors (Lipinski definition) is 0. The lowest BCUT2D eigenvalue weighted by Crippen LogP contribution is -2.35. The van der Waals surface area contributed by atoms with Crippen LogP contribution in [0.1, 0.15) is 440 Å². The number of ether oxygens (including phenoxy) is 10. The minimum Gasteiger partial charge on any atom is -0.466 e. The maximum Gasteiger partial charge on any atom is 0.339 e. The van der Waals surface area contributed by atoms with E-state index in [0.29, 0.717) is 59.1 Å². The van der Waals surface area contributed by atoms with E-state index in [0.717, 1.165) is 231 Å². The summed E-state index contributed by atoms with van der Waals surface area (Å²) in [6.45, 7) is 24.8. The molecule has 1 aliphatic carbocycles. The second-order valence-corrected chi connectivity index (χ2v) is 29.4. The van der Waals surface area contributed by atoms with Gasteiger partial charge in [0.2, 0.25) is 0 Å². The first-order valence-corrected chi connectivity index (χ1v) is 44.5. The maximum atomic E-state index is 12.7. The van der Waals surface area contributed by atoms with Crippen LogP contribution in [0.2, 0.25) is 0 Å². The highest BCUT2D eigenvalue weighted by atomic mass is 16.6. The lowest BCUT2D eigenvalue weighted by molar-refractivity contribution is -0.163. The summed E-state index contributed by atoms with van der Waals surface area (Å²) in [5.74, 6) is -4.59. The Balaban J connectivity index is 0.00000148. The predicted molar refractivity (Wildman–Crippen MR) is 444 cm³/mol. The van der Waals surface area contributed by atoms with Crippen molar-refractivity contribution in [3.63, 3.8) is 0 Å². The molecule has 2 aromatic carbocycles. The smallest absolute Gasteiger partial charge is 0.339 e. The van der Waals surface area contributed by atoms with Crippen LogP contribution in [0.3, 0.4) is 0 Å². The summed E-state index contributed by atoms with van der Waals surface area (Å²) in [6.07, 6.45) is 48.4. The number of esters is 10. The number of hydrogen-bond acceptors (Lipinski definition) is 20. The molecule has 642 valence electrons. The molecule has 20 heteroatoms. The molecule has 1 saturated carbocycles. The van der Waals surface area contributed by atoms with Crippen LogP contribution >= 0.6 is 0 Å². The lowest BCUT2D eigenvalue weighted by Gasteiger charge is -2.28. The third-order valence-corrected chi connectivity index (χ3v) is 19.2. The van der Waals surface area contributed by atoms with Crippen LogP contribution in [0, 0.1) is 11.8 Å². The third-order valence-electron chi connectivity index (χ3n) is 19.2. The van der Waals surface area contributed by atoms with Gasteiger partial charge in [-0.05, 0) is 126 Å². The molecule has 1 aliphatic rings. The lowest BCUT2D eigenvalue weighted by atomic mass is 9.79. The summed E-state index contributed by atoms with van der Waals surface area (Å²) >= 11 is 0. The van der Waals surface area contributed by atoms with E-state index in [2.05, 4.69) is 48.5 Å². The molecule has 1 fully saturated rings. The molecule has 0 aliphatic heterocycles. The molecule has 2 aromatic rings. The van der Waals surface area contributed by atoms with Crippen LogP contribution < -0.4 is 0 Å². The first kappa shape index (κ1) is 105. The van der Waals surface area contributed by atoms with Crippen molar-refractivity contribution in [3.05, 3.63) is 69.8 Å². The van der Waals surface area contributed by atoms with Crippen molar-refractivity contribution in [2.75, 3.05) is 66.1 Å². The normalized spacial score (nSPS) is 12.7. The van der Waals surface area contributed by atoms with Crippen LogP contribution in [0.5, 0.6) is 0 Å². The van der Waals surface area contributed by atoms with Gasteiger partial charge >= 0.3 is 59.7 Å². The number of benzene rings is 2. The van der Waals surface area contributed by atoms with Gasteiger partial charge in [-0.25, -0.2) is 28.8 Å². The van der Waals surface area contributed by atoms with Gasteiger partial charge in [0.15, 0.2) is 0 Å². The first-order valence-electron chi connectivity index (χ1n) is 44.5. The van der Waals surface area contributed by atoms with Crippen molar-refractivity contribution in [1.29, 1.82) is 0 Å². The Morgan fingerprint density at radius 1 is 0.232 bits per heavy atom. The van der Waals surface area contributed by atoms with Crippen LogP contribution in [0.4, 0.5) is 0 Å². The molecule has 0 aromatic heterocycles. The van der Waals surface area contributed by atoms with E-state index in [1.165, 1.54) is 101 Å². The van der Waals surface area contributed by atoms with Gasteiger partial charge in [0.05, 0.1) is 111 Å². The molecule has 20 nitrogen and oxygen atoms in total. The van der Waals surface area contributed by atoms with E-state index in [1.54, 1.807) is 0 Å². The number of carbonyl (C=O) groups is 10. The Morgan fingerprint density at radius 2 is 0.446 bits per heavy atom. The maximum absolute atomic E-state index is 12.7. The second-order valence-electron chi connectivity index (χ2n) is 29.4. The predicted octanol–water partition coefficient (Wildman–Crippen LogP) is 23.6. The fraction of sp³-hybridized carbons (Fsp3) is 0.761. The molecule has 2 unspecified atom stereocenters. The summed E-state index contributed by atoms with van der Waals surface area (Å²) in [4.78, 5) is 123. The van der Waals surface area contributed by atoms with Gasteiger partial charge in [0.25, 0.3) is 0 Å². The zero-order valence-electron chi connectivity index (χ0n) is 71.8. The monoisotopic (exact) mass is 1580 g/mol. The SMILES string of the molecule is CCCCCCCCCOC(=O)C1CCCCC1C(=O)OCCCCCCCCC.CCCCCCOC(=O)c1ccc(C(=O)OCCCCCC)c(C(=O)OCCCCCC)c1.CCCCOC(=O)CCCCCCCCC(=O)OCCCC.CCCCOC(=O)c1ccc(C(=O)OCCCC)c(C(=O)OCCCC)c1. The Labute approximate surface area is 676 Å². The standard InChI is InChI=1S/C27H42O6.C26H48O4.C21H30O6.C18H34O4/c1-4-7-10-13-18-31-25(28)22-16-17-23(26(29)32-19-14-11-8-5-2)24(21-22)27(30)33-20-15-12-9-6-3;1-3-5-7-9-11-13-17-21-29-25(27)23-19-15-16-20-24(23)26(28)30-22-18-14-12-10-8-6-4-2;1-4-7-12-25-19(22)16-10-11-17(20(23)26-13-8-5-2)18(15-16)21(24)27-14-9-6-3;1-3-5-15-21-17(19)13-11-9-7-8-10-12-14-18(20)22-16-6-4-2/h16-17,21H,4-15,18-20H2,1-3H3;23-24H,3-22H2,1-2H3;10-11,15H,4-9,12-14H2,1-3H3;3-16H2,1-2H3. The zero-order valence-corrected chi connectivity index (χ0v) is 71.8. The van der Waals surface area contributed by atoms with Crippen LogP contribution in [-0.4, -0.2) is 126 Å². The van der Waals surface area contributed by atoms with Crippen LogP contribution in [0.15, 0.2) is 36.4 Å². The fourth-order valence-electron chi connectivity index (χ4n) is 11.9. The fourth-order valence-corrected chi connectivity index (χ4v) is 11.9. The van der Waals surface area contributed by atoms with Gasteiger partial charge in [-0.3, -0.25) is 19.2 Å². The number of carbonyl (C=O) groups excluding carboxylic acids is 10. The molecule has 0 bridgehead atoms. The average Bonchev–Trinajstić information content (AvgIpc) is 0.821. The molecule has 0 amide bonds. The number of rotatable bonds is 63. The van der Waals surface area contributed by atoms with Crippen LogP contribution in [-0.2, 0) is 66.5 Å². The van der Waals surface area contributed by atoms with E-state index < -0.39 is 35.8 Å². The van der Waals surface area contributed by atoms with Gasteiger partial charge < -0.3 is 47.4 Å². The molecule has 112 heavy (non-hydrogen) atoms. The molecule has 3 rings (SSSR count). The quantitative estimate of drug-likeness (QED) is 0.0338. The summed E-state index contributed by atoms with van der Waals surface area (Å²) < 4.78 is 52.9. The van der Waals surface area contributed by atoms with Gasteiger partial charge in [-0.1, -0.05) is 275 Å². The minimum atomic E-state index is -0.644. The molecule has 2 atom stereocenters. The van der Waals surface area contributed by atoms with Gasteiger partial charge in [0.1, 0.15) is 0 Å². The van der Waals surface area contributed by atoms with Crippen LogP contribution in [0.25, 0.3) is 0 Å². The topological polar surface area (TPSA) is 263 Å². The summed E-state index contributed by atoms with van der Waals surface area (Å²) in [5.41, 5.74) is 0.713. The average molecular weight is 1580 g/mol. The molecule has 0 N–H and O–H groups in total. The van der Waals surface area contributed by atoms with Crippen molar-refractivity contribution >= 4 is 59.7 Å². The third kappa shape index (κ3) is 55.6. The van der Waals surface area contributed by atoms with Crippen molar-refractivity contribution in [2.45, 2.75) is 377 Å². The molecular formula is C92H154O20.